The topological polar surface area (TPSA) is 198 Å². The second-order valence-electron chi connectivity index (χ2n) is 14.7. The number of carbonyl (C=O) groups excluding carboxylic acids is 4. The van der Waals surface area contributed by atoms with Gasteiger partial charge in [0.2, 0.25) is 17.7 Å². The van der Waals surface area contributed by atoms with E-state index in [9.17, 15) is 29.1 Å². The Morgan fingerprint density at radius 3 is 2.58 bits per heavy atom. The Morgan fingerprint density at radius 1 is 1.02 bits per heavy atom. The first-order valence-corrected chi connectivity index (χ1v) is 19.8. The second-order valence-corrected chi connectivity index (χ2v) is 15.6. The fourth-order valence-electron chi connectivity index (χ4n) is 7.79. The lowest BCUT2D eigenvalue weighted by Gasteiger charge is -2.29. The first-order valence-electron chi connectivity index (χ1n) is 18.9. The predicted molar refractivity (Wildman–Crippen MR) is 203 cm³/mol. The van der Waals surface area contributed by atoms with Gasteiger partial charge in [0, 0.05) is 42.2 Å². The van der Waals surface area contributed by atoms with Crippen molar-refractivity contribution in [2.75, 3.05) is 19.0 Å². The lowest BCUT2D eigenvalue weighted by Crippen LogP contribution is -2.56. The van der Waals surface area contributed by atoms with Crippen molar-refractivity contribution in [1.82, 2.24) is 25.5 Å². The first-order chi connectivity index (χ1) is 26.5. The lowest BCUT2D eigenvalue weighted by molar-refractivity contribution is -0.145. The van der Waals surface area contributed by atoms with Crippen molar-refractivity contribution in [2.45, 2.75) is 107 Å². The van der Waals surface area contributed by atoms with Gasteiger partial charge in [-0.2, -0.15) is 0 Å². The molecular formula is C39H46N6O9S. The van der Waals surface area contributed by atoms with E-state index in [1.807, 2.05) is 18.2 Å². The van der Waals surface area contributed by atoms with Crippen molar-refractivity contribution >= 4 is 57.2 Å². The van der Waals surface area contributed by atoms with E-state index in [4.69, 9.17) is 19.2 Å². The van der Waals surface area contributed by atoms with Gasteiger partial charge in [0.05, 0.1) is 24.9 Å². The SMILES string of the molecule is COc1ccc2c(O[C@@H]3CC4C(=O)N[C@]5(C(=O)O)C[C@@H]5/C=C\CCCCC[C@H](NC(=O)OC5CCCC5)C(=O)N4C3)cc(-c3csc(NC(C)=O)n3)nc2c1. The van der Waals surface area contributed by atoms with Gasteiger partial charge in [-0.3, -0.25) is 14.4 Å². The average Bonchev–Trinajstić information content (AvgIpc) is 3.58. The van der Waals surface area contributed by atoms with Crippen LogP contribution in [-0.4, -0.2) is 93.2 Å². The number of nitrogens with zero attached hydrogens (tertiary/aromatic N) is 3. The summed E-state index contributed by atoms with van der Waals surface area (Å²) in [6, 6.07) is 5.03. The first kappa shape index (κ1) is 38.0. The van der Waals surface area contributed by atoms with Crippen molar-refractivity contribution in [3.05, 3.63) is 41.8 Å². The van der Waals surface area contributed by atoms with Gasteiger partial charge >= 0.3 is 12.1 Å². The van der Waals surface area contributed by atoms with E-state index in [0.717, 1.165) is 44.9 Å². The summed E-state index contributed by atoms with van der Waals surface area (Å²) >= 11 is 1.25. The number of amides is 4. The van der Waals surface area contributed by atoms with E-state index < -0.39 is 47.6 Å². The molecule has 4 amide bonds. The van der Waals surface area contributed by atoms with Crippen LogP contribution in [0.3, 0.4) is 0 Å². The van der Waals surface area contributed by atoms with Gasteiger partial charge in [-0.1, -0.05) is 25.0 Å². The highest BCUT2D eigenvalue weighted by atomic mass is 32.1. The Bertz CT molecular complexity index is 2000. The summed E-state index contributed by atoms with van der Waals surface area (Å²) in [4.78, 5) is 76.8. The van der Waals surface area contributed by atoms with Crippen LogP contribution in [0.5, 0.6) is 11.5 Å². The summed E-state index contributed by atoms with van der Waals surface area (Å²) in [5, 5.41) is 21.4. The number of aromatic nitrogens is 2. The van der Waals surface area contributed by atoms with Crippen LogP contribution in [0.4, 0.5) is 9.93 Å². The lowest BCUT2D eigenvalue weighted by atomic mass is 10.0. The molecule has 1 aromatic carbocycles. The van der Waals surface area contributed by atoms with E-state index in [1.54, 1.807) is 30.7 Å². The van der Waals surface area contributed by atoms with Crippen LogP contribution in [0.15, 0.2) is 41.8 Å². The third-order valence-corrected chi connectivity index (χ3v) is 11.6. The van der Waals surface area contributed by atoms with Crippen LogP contribution in [0.2, 0.25) is 0 Å². The summed E-state index contributed by atoms with van der Waals surface area (Å²) < 4.78 is 17.8. The van der Waals surface area contributed by atoms with E-state index in [0.29, 0.717) is 51.8 Å². The number of alkyl carbamates (subject to hydrolysis) is 1. The third kappa shape index (κ3) is 8.53. The molecule has 0 spiro atoms. The third-order valence-electron chi connectivity index (χ3n) is 10.8. The number of hydrogen-bond acceptors (Lipinski definition) is 11. The molecule has 55 heavy (non-hydrogen) atoms. The van der Waals surface area contributed by atoms with Gasteiger partial charge in [-0.25, -0.2) is 19.6 Å². The number of carboxylic acid groups (broad SMARTS) is 1. The number of nitrogens with one attached hydrogen (secondary N) is 3. The Balaban J connectivity index is 1.20. The van der Waals surface area contributed by atoms with Crippen LogP contribution < -0.4 is 25.4 Å². The number of anilines is 1. The molecule has 4 N–H and O–H groups in total. The van der Waals surface area contributed by atoms with Crippen LogP contribution in [-0.2, 0) is 23.9 Å². The molecule has 7 rings (SSSR count). The summed E-state index contributed by atoms with van der Waals surface area (Å²) in [6.45, 7) is 1.39. The number of fused-ring (bicyclic) bond motifs is 3. The smallest absolute Gasteiger partial charge is 0.408 e. The van der Waals surface area contributed by atoms with Crippen LogP contribution in [0.25, 0.3) is 22.3 Å². The molecule has 5 atom stereocenters. The summed E-state index contributed by atoms with van der Waals surface area (Å²) in [5.74, 6) is -1.83. The van der Waals surface area contributed by atoms with Gasteiger partial charge in [0.1, 0.15) is 47.0 Å². The van der Waals surface area contributed by atoms with Crippen molar-refractivity contribution < 1.29 is 43.3 Å². The molecule has 2 aromatic heterocycles. The molecule has 2 aliphatic heterocycles. The molecule has 0 bridgehead atoms. The van der Waals surface area contributed by atoms with Gasteiger partial charge < -0.3 is 40.2 Å². The number of pyridine rings is 1. The highest BCUT2D eigenvalue weighted by molar-refractivity contribution is 7.14. The molecule has 0 radical (unpaired) electrons. The molecular weight excluding hydrogens is 729 g/mol. The summed E-state index contributed by atoms with van der Waals surface area (Å²) in [7, 11) is 1.55. The summed E-state index contributed by atoms with van der Waals surface area (Å²) in [5.41, 5.74) is 0.0426. The van der Waals surface area contributed by atoms with Crippen molar-refractivity contribution in [1.29, 1.82) is 0 Å². The number of hydrogen-bond donors (Lipinski definition) is 4. The Kier molecular flexibility index (Phi) is 11.2. The number of ether oxygens (including phenoxy) is 3. The number of thiazole rings is 1. The molecule has 16 heteroatoms. The van der Waals surface area contributed by atoms with Crippen LogP contribution in [0, 0.1) is 5.92 Å². The normalized spacial score (nSPS) is 26.5. The number of rotatable bonds is 8. The van der Waals surface area contributed by atoms with Gasteiger partial charge in [0.25, 0.3) is 0 Å². The molecule has 15 nitrogen and oxygen atoms in total. The fourth-order valence-corrected chi connectivity index (χ4v) is 8.54. The maximum absolute atomic E-state index is 14.5. The highest BCUT2D eigenvalue weighted by Gasteiger charge is 2.61. The maximum Gasteiger partial charge on any atom is 0.408 e. The number of benzene rings is 1. The number of methoxy groups -OCH3 is 1. The molecule has 1 saturated heterocycles. The molecule has 2 saturated carbocycles. The quantitative estimate of drug-likeness (QED) is 0.220. The van der Waals surface area contributed by atoms with E-state index in [2.05, 4.69) is 20.9 Å². The fraction of sp³-hybridized carbons (Fsp3) is 0.513. The zero-order valence-electron chi connectivity index (χ0n) is 30.9. The summed E-state index contributed by atoms with van der Waals surface area (Å²) in [6.07, 6.45) is 9.41. The minimum Gasteiger partial charge on any atom is -0.497 e. The van der Waals surface area contributed by atoms with E-state index in [-0.39, 0.29) is 37.3 Å². The molecule has 292 valence electrons. The Morgan fingerprint density at radius 2 is 1.82 bits per heavy atom. The van der Waals surface area contributed by atoms with Crippen molar-refractivity contribution in [3.8, 4) is 22.9 Å². The van der Waals surface area contributed by atoms with Gasteiger partial charge in [-0.15, -0.1) is 11.3 Å². The number of aliphatic carboxylic acids is 1. The minimum atomic E-state index is -1.47. The molecule has 3 aromatic rings. The zero-order chi connectivity index (χ0) is 38.7. The molecule has 4 aliphatic rings. The molecule has 4 heterocycles. The number of carboxylic acids is 1. The van der Waals surface area contributed by atoms with Crippen LogP contribution >= 0.6 is 11.3 Å². The number of allylic oxidation sites excluding steroid dienone is 1. The second kappa shape index (κ2) is 16.2. The molecule has 1 unspecified atom stereocenters. The Labute approximate surface area is 322 Å². The minimum absolute atomic E-state index is 0.00510. The average molecular weight is 775 g/mol. The Hall–Kier alpha value is -5.25. The van der Waals surface area contributed by atoms with Crippen LogP contribution in [0.1, 0.15) is 77.6 Å². The van der Waals surface area contributed by atoms with Crippen molar-refractivity contribution in [3.63, 3.8) is 0 Å². The number of carbonyl (C=O) groups is 5. The monoisotopic (exact) mass is 774 g/mol. The maximum atomic E-state index is 14.5. The predicted octanol–water partition coefficient (Wildman–Crippen LogP) is 5.19. The van der Waals surface area contributed by atoms with Gasteiger partial charge in [-0.05, 0) is 63.5 Å². The van der Waals surface area contributed by atoms with E-state index in [1.165, 1.54) is 23.2 Å². The molecule has 3 fully saturated rings. The highest BCUT2D eigenvalue weighted by Crippen LogP contribution is 2.45. The zero-order valence-corrected chi connectivity index (χ0v) is 31.7. The van der Waals surface area contributed by atoms with Crippen molar-refractivity contribution in [2.24, 2.45) is 5.92 Å². The molecule has 2 aliphatic carbocycles. The standard InChI is InChI=1S/C39H46N6O9S/c1-22(46)40-37-42-31(21-55-37)30-18-33(27-15-14-25(52-2)16-29(27)41-30)53-26-17-32-34(47)44-39(36(49)50)19-23(39)10-6-4-3-5-7-13-28(35(48)45(32)20-26)43-38(51)54-24-11-8-9-12-24/h6,10,14-16,18,21,23-24,26,28,32H,3-5,7-9,11-13,17,19-20H2,1-2H3,(H,43,51)(H,44,47)(H,49,50)(H,40,42,46)/b10-6-/t23-,26+,28-,32?,39+/m0/s1. The van der Waals surface area contributed by atoms with E-state index >= 15 is 0 Å². The largest absolute Gasteiger partial charge is 0.497 e. The van der Waals surface area contributed by atoms with Gasteiger partial charge in [0.15, 0.2) is 5.13 Å².